The Labute approximate surface area is 88.0 Å². The zero-order valence-corrected chi connectivity index (χ0v) is 8.21. The number of fused-ring (bicyclic) bond motifs is 1. The van der Waals surface area contributed by atoms with E-state index in [-0.39, 0.29) is 11.9 Å². The van der Waals surface area contributed by atoms with Gasteiger partial charge in [0.25, 0.3) is 0 Å². The molecule has 0 bridgehead atoms. The molecule has 0 aromatic heterocycles. The molecule has 0 saturated heterocycles. The highest BCUT2D eigenvalue weighted by molar-refractivity contribution is 5.85. The lowest BCUT2D eigenvalue weighted by atomic mass is 9.92. The van der Waals surface area contributed by atoms with Crippen molar-refractivity contribution in [2.24, 2.45) is 5.73 Å². The fourth-order valence-electron chi connectivity index (χ4n) is 1.91. The van der Waals surface area contributed by atoms with Gasteiger partial charge in [-0.25, -0.2) is 0 Å². The molecule has 0 amide bonds. The number of hydrogen-bond donors (Lipinski definition) is 3. The van der Waals surface area contributed by atoms with Gasteiger partial charge in [0, 0.05) is 12.1 Å². The van der Waals surface area contributed by atoms with E-state index < -0.39 is 0 Å². The first-order valence-electron chi connectivity index (χ1n) is 4.80. The van der Waals surface area contributed by atoms with Gasteiger partial charge in [-0.05, 0) is 23.6 Å². The van der Waals surface area contributed by atoms with Crippen molar-refractivity contribution >= 4 is 12.1 Å². The summed E-state index contributed by atoms with van der Waals surface area (Å²) in [5.74, 6) is 0.110. The minimum absolute atomic E-state index is 0.110. The van der Waals surface area contributed by atoms with E-state index >= 15 is 0 Å². The van der Waals surface area contributed by atoms with Crippen LogP contribution in [0.3, 0.4) is 0 Å². The monoisotopic (exact) mass is 202 g/mol. The van der Waals surface area contributed by atoms with Crippen molar-refractivity contribution in [1.29, 1.82) is 5.41 Å². The van der Waals surface area contributed by atoms with Gasteiger partial charge in [-0.3, -0.25) is 10.2 Å². The lowest BCUT2D eigenvalue weighted by molar-refractivity contribution is 0.562. The van der Waals surface area contributed by atoms with E-state index in [9.17, 15) is 4.79 Å². The van der Waals surface area contributed by atoms with Crippen LogP contribution in [0.4, 0.5) is 0 Å². The van der Waals surface area contributed by atoms with Crippen molar-refractivity contribution in [2.75, 3.05) is 6.54 Å². The van der Waals surface area contributed by atoms with E-state index in [0.29, 0.717) is 5.56 Å². The van der Waals surface area contributed by atoms with E-state index in [1.165, 1.54) is 0 Å². The van der Waals surface area contributed by atoms with Crippen LogP contribution in [0.1, 0.15) is 22.7 Å². The molecule has 1 aromatic rings. The van der Waals surface area contributed by atoms with Gasteiger partial charge in [0.15, 0.2) is 0 Å². The topological polar surface area (TPSA) is 79.0 Å². The normalized spacial score (nSPS) is 19.3. The Morgan fingerprint density at radius 1 is 1.60 bits per heavy atom. The Hall–Kier alpha value is -1.68. The molecule has 4 nitrogen and oxygen atoms in total. The standard InChI is InChI=1S/C11H12N3O/c12-11(13)10-9-2-1-7(6-15)5-8(9)3-4-14-10/h1-2,5,10,14H,3-4H2,(H3,12,13). The predicted molar refractivity (Wildman–Crippen MR) is 57.6 cm³/mol. The molecule has 1 atom stereocenters. The molecule has 1 aliphatic rings. The first-order chi connectivity index (χ1) is 7.22. The second-order valence-corrected chi connectivity index (χ2v) is 3.61. The van der Waals surface area contributed by atoms with Crippen LogP contribution in [0.5, 0.6) is 0 Å². The summed E-state index contributed by atoms with van der Waals surface area (Å²) in [6.07, 6.45) is 2.72. The van der Waals surface area contributed by atoms with Gasteiger partial charge < -0.3 is 11.1 Å². The Kier molecular flexibility index (Phi) is 2.51. The number of hydrogen-bond acceptors (Lipinski definition) is 3. The summed E-state index contributed by atoms with van der Waals surface area (Å²) in [5.41, 5.74) is 8.12. The van der Waals surface area contributed by atoms with E-state index in [0.717, 1.165) is 24.1 Å². The minimum atomic E-state index is -0.213. The second-order valence-electron chi connectivity index (χ2n) is 3.61. The van der Waals surface area contributed by atoms with Crippen molar-refractivity contribution < 1.29 is 4.79 Å². The molecule has 1 aromatic carbocycles. The third kappa shape index (κ3) is 1.76. The maximum atomic E-state index is 10.5. The molecule has 0 aliphatic carbocycles. The molecule has 1 radical (unpaired) electrons. The van der Waals surface area contributed by atoms with Crippen LogP contribution in [-0.4, -0.2) is 18.7 Å². The first-order valence-corrected chi connectivity index (χ1v) is 4.80. The van der Waals surface area contributed by atoms with E-state index in [4.69, 9.17) is 11.1 Å². The Bertz CT molecular complexity index is 414. The fourth-order valence-corrected chi connectivity index (χ4v) is 1.91. The zero-order valence-electron chi connectivity index (χ0n) is 8.21. The molecule has 0 spiro atoms. The zero-order chi connectivity index (χ0) is 10.8. The average Bonchev–Trinajstić information content (AvgIpc) is 2.27. The van der Waals surface area contributed by atoms with Crippen LogP contribution in [0.25, 0.3) is 0 Å². The Balaban J connectivity index is 2.44. The highest BCUT2D eigenvalue weighted by Crippen LogP contribution is 2.23. The van der Waals surface area contributed by atoms with Gasteiger partial charge >= 0.3 is 0 Å². The van der Waals surface area contributed by atoms with E-state index in [1.54, 1.807) is 6.07 Å². The number of carbonyl (C=O) groups excluding carboxylic acids is 1. The van der Waals surface area contributed by atoms with Crippen LogP contribution in [0, 0.1) is 5.41 Å². The lowest BCUT2D eigenvalue weighted by Gasteiger charge is -2.26. The SMILES string of the molecule is N=C(N)C1NCCc2cc([C]=O)ccc21. The van der Waals surface area contributed by atoms with E-state index in [2.05, 4.69) is 5.32 Å². The molecule has 4 N–H and O–H groups in total. The number of rotatable bonds is 2. The van der Waals surface area contributed by atoms with Gasteiger partial charge in [0.1, 0.15) is 5.84 Å². The third-order valence-corrected chi connectivity index (χ3v) is 2.63. The summed E-state index contributed by atoms with van der Waals surface area (Å²) < 4.78 is 0. The minimum Gasteiger partial charge on any atom is -0.386 e. The lowest BCUT2D eigenvalue weighted by Crippen LogP contribution is -2.38. The number of nitrogens with two attached hydrogens (primary N) is 1. The number of amidine groups is 1. The van der Waals surface area contributed by atoms with Crippen molar-refractivity contribution in [1.82, 2.24) is 5.32 Å². The summed E-state index contributed by atoms with van der Waals surface area (Å²) in [5, 5.41) is 10.6. The largest absolute Gasteiger partial charge is 0.386 e. The van der Waals surface area contributed by atoms with Crippen molar-refractivity contribution in [3.8, 4) is 0 Å². The van der Waals surface area contributed by atoms with Crippen molar-refractivity contribution in [3.63, 3.8) is 0 Å². The maximum Gasteiger partial charge on any atom is 0.233 e. The quantitative estimate of drug-likeness (QED) is 0.475. The fraction of sp³-hybridized carbons (Fsp3) is 0.273. The molecule has 4 heteroatoms. The number of nitrogens with one attached hydrogen (secondary N) is 2. The molecule has 77 valence electrons. The van der Waals surface area contributed by atoms with Gasteiger partial charge in [-0.15, -0.1) is 0 Å². The molecule has 0 fully saturated rings. The summed E-state index contributed by atoms with van der Waals surface area (Å²) in [7, 11) is 0. The van der Waals surface area contributed by atoms with Crippen LogP contribution in [0.15, 0.2) is 18.2 Å². The van der Waals surface area contributed by atoms with Crippen molar-refractivity contribution in [2.45, 2.75) is 12.5 Å². The van der Waals surface area contributed by atoms with Crippen LogP contribution < -0.4 is 11.1 Å². The number of benzene rings is 1. The Morgan fingerprint density at radius 2 is 2.40 bits per heavy atom. The molecule has 15 heavy (non-hydrogen) atoms. The first kappa shape index (κ1) is 9.86. The molecule has 2 rings (SSSR count). The predicted octanol–water partition coefficient (Wildman–Crippen LogP) is 0.267. The summed E-state index contributed by atoms with van der Waals surface area (Å²) in [6.45, 7) is 0.777. The highest BCUT2D eigenvalue weighted by atomic mass is 16.1. The van der Waals surface area contributed by atoms with Gasteiger partial charge in [-0.1, -0.05) is 12.1 Å². The van der Waals surface area contributed by atoms with Crippen molar-refractivity contribution in [3.05, 3.63) is 34.9 Å². The van der Waals surface area contributed by atoms with Crippen LogP contribution in [0.2, 0.25) is 0 Å². The van der Waals surface area contributed by atoms with Crippen LogP contribution in [-0.2, 0) is 11.2 Å². The molecule has 1 aliphatic heterocycles. The van der Waals surface area contributed by atoms with E-state index in [1.807, 2.05) is 18.4 Å². The summed E-state index contributed by atoms with van der Waals surface area (Å²) in [6, 6.07) is 5.15. The Morgan fingerprint density at radius 3 is 3.07 bits per heavy atom. The molecule has 1 heterocycles. The maximum absolute atomic E-state index is 10.5. The third-order valence-electron chi connectivity index (χ3n) is 2.63. The highest BCUT2D eigenvalue weighted by Gasteiger charge is 2.21. The molecular weight excluding hydrogens is 190 g/mol. The molecular formula is C11H12N3O. The van der Waals surface area contributed by atoms with Gasteiger partial charge in [-0.2, -0.15) is 0 Å². The van der Waals surface area contributed by atoms with Gasteiger partial charge in [0.05, 0.1) is 6.04 Å². The summed E-state index contributed by atoms with van der Waals surface area (Å²) in [4.78, 5) is 10.5. The summed E-state index contributed by atoms with van der Waals surface area (Å²) >= 11 is 0. The van der Waals surface area contributed by atoms with Crippen LogP contribution >= 0.6 is 0 Å². The van der Waals surface area contributed by atoms with Gasteiger partial charge in [0.2, 0.25) is 6.29 Å². The average molecular weight is 202 g/mol. The second kappa shape index (κ2) is 3.82. The molecule has 0 saturated carbocycles. The molecule has 1 unspecified atom stereocenters. The smallest absolute Gasteiger partial charge is 0.233 e.